The number of hydrogen-bond donors (Lipinski definition) is 2. The van der Waals surface area contributed by atoms with Crippen LogP contribution >= 0.6 is 0 Å². The molecule has 0 unspecified atom stereocenters. The highest BCUT2D eigenvalue weighted by Gasteiger charge is 2.15. The minimum atomic E-state index is -3.60. The average Bonchev–Trinajstić information content (AvgIpc) is 3.24. The molecular formula is C16H18N4O2S. The van der Waals surface area contributed by atoms with Crippen LogP contribution in [-0.2, 0) is 23.1 Å². The van der Waals surface area contributed by atoms with E-state index in [1.165, 1.54) is 0 Å². The van der Waals surface area contributed by atoms with Crippen molar-refractivity contribution in [1.82, 2.24) is 19.5 Å². The van der Waals surface area contributed by atoms with Gasteiger partial charge < -0.3 is 4.98 Å². The lowest BCUT2D eigenvalue weighted by molar-refractivity contribution is 0.533. The standard InChI is InChI=1S/C16H18N4O2S/c1-2-14-8-10-18-20(14)12-19-23(21,22)15-6-3-5-13(11-15)16-7-4-9-17-16/h3-11,17,19H,2,12H2,1H3. The normalized spacial score (nSPS) is 11.7. The van der Waals surface area contributed by atoms with E-state index in [4.69, 9.17) is 0 Å². The van der Waals surface area contributed by atoms with Gasteiger partial charge in [0.25, 0.3) is 0 Å². The number of benzene rings is 1. The fourth-order valence-electron chi connectivity index (χ4n) is 2.37. The third-order valence-electron chi connectivity index (χ3n) is 3.62. The number of hydrogen-bond acceptors (Lipinski definition) is 3. The molecule has 0 aliphatic heterocycles. The summed E-state index contributed by atoms with van der Waals surface area (Å²) in [5, 5.41) is 4.13. The third kappa shape index (κ3) is 3.35. The molecule has 0 aliphatic carbocycles. The van der Waals surface area contributed by atoms with Crippen LogP contribution in [0.3, 0.4) is 0 Å². The van der Waals surface area contributed by atoms with Crippen LogP contribution in [0.2, 0.25) is 0 Å². The minimum Gasteiger partial charge on any atom is -0.361 e. The number of aromatic nitrogens is 3. The maximum absolute atomic E-state index is 12.5. The predicted octanol–water partition coefficient (Wildman–Crippen LogP) is 2.38. The summed E-state index contributed by atoms with van der Waals surface area (Å²) in [6, 6.07) is 12.5. The Morgan fingerprint density at radius 1 is 1.22 bits per heavy atom. The summed E-state index contributed by atoms with van der Waals surface area (Å²) in [6.45, 7) is 2.12. The molecule has 0 amide bonds. The van der Waals surface area contributed by atoms with E-state index >= 15 is 0 Å². The van der Waals surface area contributed by atoms with Gasteiger partial charge in [0.05, 0.1) is 4.90 Å². The zero-order chi connectivity index (χ0) is 16.3. The second-order valence-electron chi connectivity index (χ2n) is 5.09. The highest BCUT2D eigenvalue weighted by molar-refractivity contribution is 7.89. The number of H-pyrrole nitrogens is 1. The maximum Gasteiger partial charge on any atom is 0.242 e. The molecule has 0 saturated heterocycles. The van der Waals surface area contributed by atoms with Gasteiger partial charge in [-0.3, -0.25) is 4.68 Å². The van der Waals surface area contributed by atoms with Crippen molar-refractivity contribution in [3.8, 4) is 11.3 Å². The molecule has 0 radical (unpaired) electrons. The van der Waals surface area contributed by atoms with E-state index in [1.807, 2.05) is 31.2 Å². The lowest BCUT2D eigenvalue weighted by Gasteiger charge is -2.10. The van der Waals surface area contributed by atoms with Crippen molar-refractivity contribution >= 4 is 10.0 Å². The fraction of sp³-hybridized carbons (Fsp3) is 0.188. The summed E-state index contributed by atoms with van der Waals surface area (Å²) >= 11 is 0. The summed E-state index contributed by atoms with van der Waals surface area (Å²) in [7, 11) is -3.60. The molecule has 23 heavy (non-hydrogen) atoms. The molecule has 0 aliphatic rings. The Balaban J connectivity index is 1.81. The van der Waals surface area contributed by atoms with Gasteiger partial charge >= 0.3 is 0 Å². The first-order valence-electron chi connectivity index (χ1n) is 7.34. The molecule has 3 aromatic rings. The van der Waals surface area contributed by atoms with Gasteiger partial charge in [0, 0.05) is 23.8 Å². The maximum atomic E-state index is 12.5. The molecule has 0 bridgehead atoms. The Labute approximate surface area is 135 Å². The van der Waals surface area contributed by atoms with Gasteiger partial charge in [0.15, 0.2) is 0 Å². The Morgan fingerprint density at radius 2 is 2.09 bits per heavy atom. The molecule has 0 saturated carbocycles. The summed E-state index contributed by atoms with van der Waals surface area (Å²) in [5.74, 6) is 0. The molecule has 0 atom stereocenters. The van der Waals surface area contributed by atoms with Gasteiger partial charge in [0.2, 0.25) is 10.0 Å². The van der Waals surface area contributed by atoms with Gasteiger partial charge in [-0.25, -0.2) is 8.42 Å². The second kappa shape index (κ2) is 6.39. The van der Waals surface area contributed by atoms with Gasteiger partial charge in [-0.15, -0.1) is 0 Å². The number of aromatic amines is 1. The van der Waals surface area contributed by atoms with E-state index < -0.39 is 10.0 Å². The van der Waals surface area contributed by atoms with Crippen molar-refractivity contribution in [2.75, 3.05) is 0 Å². The van der Waals surface area contributed by atoms with Crippen LogP contribution in [0.4, 0.5) is 0 Å². The minimum absolute atomic E-state index is 0.116. The highest BCUT2D eigenvalue weighted by atomic mass is 32.2. The number of rotatable bonds is 6. The predicted molar refractivity (Wildman–Crippen MR) is 88.2 cm³/mol. The largest absolute Gasteiger partial charge is 0.361 e. The van der Waals surface area contributed by atoms with E-state index in [0.717, 1.165) is 23.4 Å². The van der Waals surface area contributed by atoms with Crippen LogP contribution in [0.5, 0.6) is 0 Å². The van der Waals surface area contributed by atoms with Crippen LogP contribution in [0, 0.1) is 0 Å². The Kier molecular flexibility index (Phi) is 4.31. The zero-order valence-electron chi connectivity index (χ0n) is 12.7. The average molecular weight is 330 g/mol. The van der Waals surface area contributed by atoms with Crippen molar-refractivity contribution < 1.29 is 8.42 Å². The van der Waals surface area contributed by atoms with Gasteiger partial charge in [-0.2, -0.15) is 9.82 Å². The number of aryl methyl sites for hydroxylation is 1. The van der Waals surface area contributed by atoms with E-state index in [2.05, 4.69) is 14.8 Å². The Morgan fingerprint density at radius 3 is 2.83 bits per heavy atom. The van der Waals surface area contributed by atoms with Crippen LogP contribution in [0.25, 0.3) is 11.3 Å². The van der Waals surface area contributed by atoms with Crippen LogP contribution in [0.1, 0.15) is 12.6 Å². The third-order valence-corrected chi connectivity index (χ3v) is 5.01. The summed E-state index contributed by atoms with van der Waals surface area (Å²) in [6.07, 6.45) is 4.27. The number of sulfonamides is 1. The molecule has 2 N–H and O–H groups in total. The Hall–Kier alpha value is -2.38. The SMILES string of the molecule is CCc1ccnn1CNS(=O)(=O)c1cccc(-c2ccc[nH]2)c1. The molecule has 1 aromatic carbocycles. The molecule has 2 aromatic heterocycles. The smallest absolute Gasteiger partial charge is 0.242 e. The molecule has 0 spiro atoms. The monoisotopic (exact) mass is 330 g/mol. The first kappa shape index (κ1) is 15.5. The summed E-state index contributed by atoms with van der Waals surface area (Å²) in [5.41, 5.74) is 2.68. The van der Waals surface area contributed by atoms with E-state index in [1.54, 1.807) is 35.3 Å². The summed E-state index contributed by atoms with van der Waals surface area (Å²) < 4.78 is 29.2. The van der Waals surface area contributed by atoms with E-state index in [-0.39, 0.29) is 11.6 Å². The zero-order valence-corrected chi connectivity index (χ0v) is 13.5. The van der Waals surface area contributed by atoms with Gasteiger partial charge in [-0.1, -0.05) is 19.1 Å². The lowest BCUT2D eigenvalue weighted by atomic mass is 10.2. The van der Waals surface area contributed by atoms with Crippen molar-refractivity contribution in [3.63, 3.8) is 0 Å². The second-order valence-corrected chi connectivity index (χ2v) is 6.86. The number of nitrogens with zero attached hydrogens (tertiary/aromatic N) is 2. The van der Waals surface area contributed by atoms with Crippen LogP contribution < -0.4 is 4.72 Å². The van der Waals surface area contributed by atoms with Gasteiger partial charge in [-0.05, 0) is 42.3 Å². The number of nitrogens with one attached hydrogen (secondary N) is 2. The summed E-state index contributed by atoms with van der Waals surface area (Å²) in [4.78, 5) is 3.30. The van der Waals surface area contributed by atoms with E-state index in [0.29, 0.717) is 0 Å². The molecule has 3 rings (SSSR count). The van der Waals surface area contributed by atoms with Crippen molar-refractivity contribution in [2.24, 2.45) is 0 Å². The Bertz CT molecular complexity index is 882. The van der Waals surface area contributed by atoms with Crippen molar-refractivity contribution in [2.45, 2.75) is 24.9 Å². The molecule has 7 heteroatoms. The van der Waals surface area contributed by atoms with Crippen LogP contribution in [0.15, 0.2) is 59.8 Å². The van der Waals surface area contributed by atoms with Crippen LogP contribution in [-0.4, -0.2) is 23.2 Å². The van der Waals surface area contributed by atoms with Gasteiger partial charge in [0.1, 0.15) is 6.67 Å². The highest BCUT2D eigenvalue weighted by Crippen LogP contribution is 2.20. The first-order chi connectivity index (χ1) is 11.1. The first-order valence-corrected chi connectivity index (χ1v) is 8.82. The van der Waals surface area contributed by atoms with Crippen molar-refractivity contribution in [1.29, 1.82) is 0 Å². The lowest BCUT2D eigenvalue weighted by Crippen LogP contribution is -2.27. The molecule has 6 nitrogen and oxygen atoms in total. The molecular weight excluding hydrogens is 312 g/mol. The van der Waals surface area contributed by atoms with Crippen molar-refractivity contribution in [3.05, 3.63) is 60.6 Å². The molecule has 120 valence electrons. The molecule has 0 fully saturated rings. The molecule has 2 heterocycles. The quantitative estimate of drug-likeness (QED) is 0.728. The fourth-order valence-corrected chi connectivity index (χ4v) is 3.37. The topological polar surface area (TPSA) is 79.8 Å². The van der Waals surface area contributed by atoms with E-state index in [9.17, 15) is 8.42 Å².